The summed E-state index contributed by atoms with van der Waals surface area (Å²) in [4.78, 5) is 23.2. The number of methoxy groups -OCH3 is 3. The monoisotopic (exact) mass is 442 g/mol. The van der Waals surface area contributed by atoms with E-state index >= 15 is 0 Å². The van der Waals surface area contributed by atoms with Crippen LogP contribution in [-0.2, 0) is 9.53 Å². The minimum absolute atomic E-state index is 0.0377. The van der Waals surface area contributed by atoms with Gasteiger partial charge in [-0.2, -0.15) is 0 Å². The van der Waals surface area contributed by atoms with Gasteiger partial charge in [0.1, 0.15) is 16.4 Å². The molecule has 0 aliphatic carbocycles. The average molecular weight is 442 g/mol. The zero-order chi connectivity index (χ0) is 22.4. The van der Waals surface area contributed by atoms with E-state index in [0.29, 0.717) is 28.2 Å². The highest BCUT2D eigenvalue weighted by Gasteiger charge is 2.17. The third-order valence-corrected chi connectivity index (χ3v) is 4.89. The number of ether oxygens (including phenoxy) is 3. The van der Waals surface area contributed by atoms with Gasteiger partial charge in [0, 0.05) is 11.6 Å². The van der Waals surface area contributed by atoms with Crippen molar-refractivity contribution in [2.24, 2.45) is 0 Å². The van der Waals surface area contributed by atoms with Gasteiger partial charge < -0.3 is 23.7 Å². The molecule has 0 aliphatic heterocycles. The molecule has 9 nitrogen and oxygen atoms in total. The van der Waals surface area contributed by atoms with E-state index in [0.717, 1.165) is 11.8 Å². The molecule has 1 heterocycles. The molecule has 0 aliphatic rings. The van der Waals surface area contributed by atoms with Crippen LogP contribution in [0.5, 0.6) is 11.5 Å². The maximum absolute atomic E-state index is 11.7. The molecule has 0 fully saturated rings. The largest absolute Gasteiger partial charge is 0.497 e. The van der Waals surface area contributed by atoms with Gasteiger partial charge in [-0.3, -0.25) is 0 Å². The highest BCUT2D eigenvalue weighted by Crippen LogP contribution is 2.33. The van der Waals surface area contributed by atoms with Crippen LogP contribution in [0.3, 0.4) is 0 Å². The summed E-state index contributed by atoms with van der Waals surface area (Å²) in [6.45, 7) is 0. The number of benzene rings is 2. The number of esters is 1. The molecular formula is C21H18N2O7S. The Morgan fingerprint density at radius 1 is 1.00 bits per heavy atom. The number of thioether (sulfide) groups is 1. The zero-order valence-electron chi connectivity index (χ0n) is 16.8. The molecule has 10 heteroatoms. The number of carbonyl (C=O) groups is 2. The first-order chi connectivity index (χ1) is 14.9. The second-order valence-corrected chi connectivity index (χ2v) is 7.00. The van der Waals surface area contributed by atoms with Crippen molar-refractivity contribution in [1.29, 1.82) is 0 Å². The summed E-state index contributed by atoms with van der Waals surface area (Å²) in [6, 6.07) is 11.4. The fraction of sp³-hybridized carbons (Fsp3) is 0.143. The Balaban J connectivity index is 1.83. The van der Waals surface area contributed by atoms with Gasteiger partial charge in [-0.15, -0.1) is 10.2 Å². The normalized spacial score (nSPS) is 11.1. The van der Waals surface area contributed by atoms with Crippen LogP contribution in [0.15, 0.2) is 57.0 Å². The minimum atomic E-state index is -1.16. The van der Waals surface area contributed by atoms with Crippen molar-refractivity contribution in [2.75, 3.05) is 21.3 Å². The second-order valence-electron chi connectivity index (χ2n) is 6.00. The Kier molecular flexibility index (Phi) is 6.93. The lowest BCUT2D eigenvalue weighted by Gasteiger charge is -2.05. The maximum Gasteiger partial charge on any atom is 0.342 e. The van der Waals surface area contributed by atoms with Crippen molar-refractivity contribution in [1.82, 2.24) is 10.2 Å². The average Bonchev–Trinajstić information content (AvgIpc) is 3.26. The summed E-state index contributed by atoms with van der Waals surface area (Å²) < 4.78 is 20.7. The Bertz CT molecular complexity index is 1100. The molecular weight excluding hydrogens is 424 g/mol. The van der Waals surface area contributed by atoms with Crippen LogP contribution in [0.25, 0.3) is 17.5 Å². The molecule has 0 bridgehead atoms. The molecule has 0 spiro atoms. The van der Waals surface area contributed by atoms with Gasteiger partial charge >= 0.3 is 11.9 Å². The summed E-state index contributed by atoms with van der Waals surface area (Å²) in [5.74, 6) is -0.362. The smallest absolute Gasteiger partial charge is 0.342 e. The van der Waals surface area contributed by atoms with Gasteiger partial charge in [-0.05, 0) is 47.7 Å². The summed E-state index contributed by atoms with van der Waals surface area (Å²) in [5.41, 5.74) is 1.50. The number of carboxylic acid groups (broad SMARTS) is 1. The molecule has 0 saturated heterocycles. The van der Waals surface area contributed by atoms with E-state index in [4.69, 9.17) is 13.9 Å². The molecule has 0 amide bonds. The van der Waals surface area contributed by atoms with Crippen LogP contribution in [0.2, 0.25) is 0 Å². The van der Waals surface area contributed by atoms with Gasteiger partial charge in [-0.25, -0.2) is 9.59 Å². The van der Waals surface area contributed by atoms with Crippen molar-refractivity contribution < 1.29 is 33.3 Å². The summed E-state index contributed by atoms with van der Waals surface area (Å²) >= 11 is 0.809. The highest BCUT2D eigenvalue weighted by molar-refractivity contribution is 8.03. The molecule has 2 aromatic carbocycles. The van der Waals surface area contributed by atoms with Crippen molar-refractivity contribution in [3.05, 3.63) is 58.5 Å². The number of hydrogen-bond acceptors (Lipinski definition) is 9. The Morgan fingerprint density at radius 2 is 1.65 bits per heavy atom. The lowest BCUT2D eigenvalue weighted by Crippen LogP contribution is -2.00. The first kappa shape index (κ1) is 21.9. The first-order valence-corrected chi connectivity index (χ1v) is 9.63. The van der Waals surface area contributed by atoms with Gasteiger partial charge in [0.15, 0.2) is 0 Å². The number of carbonyl (C=O) groups excluding carboxylic acids is 1. The Hall–Kier alpha value is -3.79. The number of hydrogen-bond donors (Lipinski definition) is 1. The molecule has 0 radical (unpaired) electrons. The van der Waals surface area contributed by atoms with E-state index in [9.17, 15) is 14.7 Å². The van der Waals surface area contributed by atoms with Gasteiger partial charge in [0.2, 0.25) is 5.89 Å². The zero-order valence-corrected chi connectivity index (χ0v) is 17.6. The van der Waals surface area contributed by atoms with E-state index < -0.39 is 11.9 Å². The van der Waals surface area contributed by atoms with Crippen LogP contribution in [0.4, 0.5) is 0 Å². The molecule has 0 saturated carbocycles. The lowest BCUT2D eigenvalue weighted by atomic mass is 10.1. The number of carboxylic acids is 1. The quantitative estimate of drug-likeness (QED) is 0.313. The fourth-order valence-corrected chi connectivity index (χ4v) is 3.18. The van der Waals surface area contributed by atoms with E-state index in [-0.39, 0.29) is 16.0 Å². The summed E-state index contributed by atoms with van der Waals surface area (Å²) in [6.07, 6.45) is 1.44. The number of aliphatic carboxylic acids is 1. The predicted octanol–water partition coefficient (Wildman–Crippen LogP) is 3.76. The van der Waals surface area contributed by atoms with Crippen molar-refractivity contribution in [3.63, 3.8) is 0 Å². The first-order valence-electron chi connectivity index (χ1n) is 8.81. The summed E-state index contributed by atoms with van der Waals surface area (Å²) in [5, 5.41) is 17.5. The summed E-state index contributed by atoms with van der Waals surface area (Å²) in [7, 11) is 4.33. The molecule has 160 valence electrons. The van der Waals surface area contributed by atoms with Crippen LogP contribution in [0, 0.1) is 0 Å². The molecule has 0 atom stereocenters. The fourth-order valence-electron chi connectivity index (χ4n) is 2.51. The van der Waals surface area contributed by atoms with E-state index in [1.165, 1.54) is 27.4 Å². The lowest BCUT2D eigenvalue weighted by molar-refractivity contribution is -0.131. The second kappa shape index (κ2) is 9.81. The molecule has 0 unspecified atom stereocenters. The van der Waals surface area contributed by atoms with E-state index in [2.05, 4.69) is 14.9 Å². The van der Waals surface area contributed by atoms with Crippen LogP contribution in [0.1, 0.15) is 15.9 Å². The van der Waals surface area contributed by atoms with Gasteiger partial charge in [0.05, 0.1) is 26.9 Å². The van der Waals surface area contributed by atoms with Crippen LogP contribution >= 0.6 is 11.8 Å². The van der Waals surface area contributed by atoms with Crippen molar-refractivity contribution in [3.8, 4) is 23.0 Å². The predicted molar refractivity (Wildman–Crippen MR) is 112 cm³/mol. The van der Waals surface area contributed by atoms with Gasteiger partial charge in [0.25, 0.3) is 5.22 Å². The number of rotatable bonds is 8. The highest BCUT2D eigenvalue weighted by atomic mass is 32.2. The molecule has 1 N–H and O–H groups in total. The van der Waals surface area contributed by atoms with E-state index in [1.807, 2.05) is 0 Å². The maximum atomic E-state index is 11.7. The number of nitrogens with zero attached hydrogens (tertiary/aromatic N) is 2. The van der Waals surface area contributed by atoms with Crippen LogP contribution in [-0.4, -0.2) is 48.6 Å². The van der Waals surface area contributed by atoms with Crippen LogP contribution < -0.4 is 9.47 Å². The molecule has 1 aromatic heterocycles. The van der Waals surface area contributed by atoms with Crippen molar-refractivity contribution >= 4 is 29.8 Å². The third-order valence-electron chi connectivity index (χ3n) is 4.04. The topological polar surface area (TPSA) is 121 Å². The number of aromatic nitrogens is 2. The molecule has 3 rings (SSSR count). The minimum Gasteiger partial charge on any atom is -0.497 e. The van der Waals surface area contributed by atoms with Gasteiger partial charge in [-0.1, -0.05) is 12.1 Å². The molecule has 31 heavy (non-hydrogen) atoms. The van der Waals surface area contributed by atoms with E-state index in [1.54, 1.807) is 42.5 Å². The molecule has 3 aromatic rings. The van der Waals surface area contributed by atoms with Crippen molar-refractivity contribution in [2.45, 2.75) is 5.22 Å². The Morgan fingerprint density at radius 3 is 2.19 bits per heavy atom. The SMILES string of the molecule is COC(=O)c1ccc(/C=C(\Sc2nnc(-c3cc(OC)cc(OC)c3)o2)C(=O)O)cc1. The Labute approximate surface area is 181 Å². The standard InChI is InChI=1S/C21H18N2O7S/c1-27-15-9-14(10-16(11-15)28-2)18-22-23-21(30-18)31-17(19(24)25)8-12-4-6-13(7-5-12)20(26)29-3/h4-11H,1-3H3,(H,24,25)/b17-8-. The third kappa shape index (κ3) is 5.43.